The molecule has 20 heavy (non-hydrogen) atoms. The van der Waals surface area contributed by atoms with E-state index in [1.54, 1.807) is 24.3 Å². The predicted molar refractivity (Wildman–Crippen MR) is 77.8 cm³/mol. The Morgan fingerprint density at radius 1 is 1.20 bits per heavy atom. The normalized spacial score (nSPS) is 12.0. The first-order chi connectivity index (χ1) is 9.51. The summed E-state index contributed by atoms with van der Waals surface area (Å²) in [5.74, 6) is 0.133. The molecule has 0 aromatic heterocycles. The lowest BCUT2D eigenvalue weighted by molar-refractivity contribution is 0.385. The van der Waals surface area contributed by atoms with Gasteiger partial charge in [-0.2, -0.15) is 0 Å². The summed E-state index contributed by atoms with van der Waals surface area (Å²) in [6.07, 6.45) is 0. The van der Waals surface area contributed by atoms with Crippen molar-refractivity contribution in [1.29, 1.82) is 0 Å². The number of aryl methyl sites for hydroxylation is 1. The molecule has 0 aliphatic heterocycles. The fraction of sp³-hybridized carbons (Fsp3) is 0.250. The number of anilines is 1. The largest absolute Gasteiger partial charge is 0.508 e. The molecule has 4 heteroatoms. The average molecular weight is 275 g/mol. The third kappa shape index (κ3) is 3.02. The summed E-state index contributed by atoms with van der Waals surface area (Å²) in [6.45, 7) is 3.82. The van der Waals surface area contributed by atoms with Gasteiger partial charge in [0.2, 0.25) is 0 Å². The van der Waals surface area contributed by atoms with E-state index in [2.05, 4.69) is 5.32 Å². The number of hydrogen-bond donors (Lipinski definition) is 2. The van der Waals surface area contributed by atoms with Crippen molar-refractivity contribution in [2.24, 2.45) is 0 Å². The topological polar surface area (TPSA) is 41.5 Å². The van der Waals surface area contributed by atoms with Crippen LogP contribution in [0.5, 0.6) is 11.5 Å². The fourth-order valence-corrected chi connectivity index (χ4v) is 2.02. The smallest absolute Gasteiger partial charge is 0.165 e. The molecule has 0 bridgehead atoms. The van der Waals surface area contributed by atoms with Crippen molar-refractivity contribution < 1.29 is 14.2 Å². The van der Waals surface area contributed by atoms with Crippen molar-refractivity contribution in [3.63, 3.8) is 0 Å². The second-order valence-electron chi connectivity index (χ2n) is 4.76. The van der Waals surface area contributed by atoms with Crippen LogP contribution in [0.25, 0.3) is 0 Å². The lowest BCUT2D eigenvalue weighted by atomic mass is 10.1. The van der Waals surface area contributed by atoms with E-state index in [4.69, 9.17) is 4.74 Å². The Balaban J connectivity index is 2.19. The fourth-order valence-electron chi connectivity index (χ4n) is 2.02. The summed E-state index contributed by atoms with van der Waals surface area (Å²) >= 11 is 0. The minimum atomic E-state index is -0.371. The highest BCUT2D eigenvalue weighted by molar-refractivity contribution is 5.51. The van der Waals surface area contributed by atoms with Crippen molar-refractivity contribution in [3.05, 3.63) is 53.3 Å². The molecule has 2 aromatic rings. The maximum Gasteiger partial charge on any atom is 0.165 e. The standard InChI is InChI=1S/C16H18FNO2/c1-10-8-13(5-7-15(10)19)18-11(2)12-4-6-14(17)16(9-12)20-3/h4-9,11,18-19H,1-3H3. The molecular formula is C16H18FNO2. The molecule has 0 spiro atoms. The van der Waals surface area contributed by atoms with Gasteiger partial charge in [-0.05, 0) is 55.3 Å². The predicted octanol–water partition coefficient (Wildman–Crippen LogP) is 4.02. The first-order valence-corrected chi connectivity index (χ1v) is 6.41. The quantitative estimate of drug-likeness (QED) is 0.828. The van der Waals surface area contributed by atoms with Crippen LogP contribution in [-0.2, 0) is 0 Å². The Labute approximate surface area is 118 Å². The van der Waals surface area contributed by atoms with Gasteiger partial charge in [0.05, 0.1) is 7.11 Å². The van der Waals surface area contributed by atoms with Crippen molar-refractivity contribution >= 4 is 5.69 Å². The third-order valence-corrected chi connectivity index (χ3v) is 3.26. The lowest BCUT2D eigenvalue weighted by Crippen LogP contribution is -2.07. The molecule has 0 heterocycles. The van der Waals surface area contributed by atoms with Crippen molar-refractivity contribution in [2.75, 3.05) is 12.4 Å². The van der Waals surface area contributed by atoms with Crippen LogP contribution in [0, 0.1) is 12.7 Å². The molecule has 2 rings (SSSR count). The molecular weight excluding hydrogens is 257 g/mol. The average Bonchev–Trinajstić information content (AvgIpc) is 2.43. The number of ether oxygens (including phenoxy) is 1. The summed E-state index contributed by atoms with van der Waals surface area (Å²) in [7, 11) is 1.45. The van der Waals surface area contributed by atoms with Gasteiger partial charge in [-0.25, -0.2) is 4.39 Å². The number of aromatic hydroxyl groups is 1. The minimum absolute atomic E-state index is 0.00607. The van der Waals surface area contributed by atoms with Crippen LogP contribution < -0.4 is 10.1 Å². The number of benzene rings is 2. The highest BCUT2D eigenvalue weighted by atomic mass is 19.1. The Bertz CT molecular complexity index is 613. The summed E-state index contributed by atoms with van der Waals surface area (Å²) in [6, 6.07) is 10.1. The summed E-state index contributed by atoms with van der Waals surface area (Å²) in [4.78, 5) is 0. The van der Waals surface area contributed by atoms with E-state index in [0.29, 0.717) is 0 Å². The van der Waals surface area contributed by atoms with Gasteiger partial charge >= 0.3 is 0 Å². The SMILES string of the molecule is COc1cc(C(C)Nc2ccc(O)c(C)c2)ccc1F. The monoisotopic (exact) mass is 275 g/mol. The van der Waals surface area contributed by atoms with Gasteiger partial charge in [0.1, 0.15) is 5.75 Å². The Morgan fingerprint density at radius 3 is 2.60 bits per heavy atom. The minimum Gasteiger partial charge on any atom is -0.508 e. The molecule has 0 radical (unpaired) electrons. The van der Waals surface area contributed by atoms with E-state index in [9.17, 15) is 9.50 Å². The molecule has 106 valence electrons. The van der Waals surface area contributed by atoms with Gasteiger partial charge < -0.3 is 15.2 Å². The van der Waals surface area contributed by atoms with E-state index in [1.165, 1.54) is 13.2 Å². The molecule has 0 saturated heterocycles. The van der Waals surface area contributed by atoms with E-state index in [0.717, 1.165) is 16.8 Å². The number of halogens is 1. The first-order valence-electron chi connectivity index (χ1n) is 6.41. The molecule has 1 unspecified atom stereocenters. The van der Waals surface area contributed by atoms with Crippen molar-refractivity contribution in [2.45, 2.75) is 19.9 Å². The zero-order chi connectivity index (χ0) is 14.7. The summed E-state index contributed by atoms with van der Waals surface area (Å²) in [5, 5.41) is 12.8. The molecule has 0 fully saturated rings. The van der Waals surface area contributed by atoms with Gasteiger partial charge in [0.25, 0.3) is 0 Å². The lowest BCUT2D eigenvalue weighted by Gasteiger charge is -2.17. The maximum atomic E-state index is 13.4. The molecule has 0 amide bonds. The molecule has 2 N–H and O–H groups in total. The number of rotatable bonds is 4. The van der Waals surface area contributed by atoms with Crippen LogP contribution in [0.4, 0.5) is 10.1 Å². The second-order valence-corrected chi connectivity index (χ2v) is 4.76. The highest BCUT2D eigenvalue weighted by Gasteiger charge is 2.10. The molecule has 1 atom stereocenters. The van der Waals surface area contributed by atoms with Crippen molar-refractivity contribution in [1.82, 2.24) is 0 Å². The molecule has 0 aliphatic rings. The van der Waals surface area contributed by atoms with Gasteiger partial charge in [0, 0.05) is 11.7 Å². The Hall–Kier alpha value is -2.23. The number of nitrogens with one attached hydrogen (secondary N) is 1. The maximum absolute atomic E-state index is 13.4. The molecule has 2 aromatic carbocycles. The Kier molecular flexibility index (Phi) is 4.13. The zero-order valence-corrected chi connectivity index (χ0v) is 11.8. The van der Waals surface area contributed by atoms with Gasteiger partial charge in [-0.1, -0.05) is 6.07 Å². The molecule has 0 saturated carbocycles. The third-order valence-electron chi connectivity index (χ3n) is 3.26. The zero-order valence-electron chi connectivity index (χ0n) is 11.8. The number of phenolic OH excluding ortho intramolecular Hbond substituents is 1. The summed E-state index contributed by atoms with van der Waals surface area (Å²) < 4.78 is 18.4. The van der Waals surface area contributed by atoms with E-state index >= 15 is 0 Å². The van der Waals surface area contributed by atoms with Gasteiger partial charge in [-0.15, -0.1) is 0 Å². The number of methoxy groups -OCH3 is 1. The van der Waals surface area contributed by atoms with Crippen LogP contribution in [0.15, 0.2) is 36.4 Å². The molecule has 3 nitrogen and oxygen atoms in total. The number of hydrogen-bond acceptors (Lipinski definition) is 3. The molecule has 0 aliphatic carbocycles. The van der Waals surface area contributed by atoms with Crippen LogP contribution in [0.1, 0.15) is 24.1 Å². The second kappa shape index (κ2) is 5.82. The van der Waals surface area contributed by atoms with E-state index in [1.807, 2.05) is 19.9 Å². The van der Waals surface area contributed by atoms with Crippen LogP contribution in [0.3, 0.4) is 0 Å². The van der Waals surface area contributed by atoms with E-state index in [-0.39, 0.29) is 23.4 Å². The van der Waals surface area contributed by atoms with Crippen LogP contribution >= 0.6 is 0 Å². The van der Waals surface area contributed by atoms with Crippen LogP contribution in [-0.4, -0.2) is 12.2 Å². The number of phenols is 1. The Morgan fingerprint density at radius 2 is 1.95 bits per heavy atom. The van der Waals surface area contributed by atoms with Crippen LogP contribution in [0.2, 0.25) is 0 Å². The highest BCUT2D eigenvalue weighted by Crippen LogP contribution is 2.27. The van der Waals surface area contributed by atoms with Gasteiger partial charge in [0.15, 0.2) is 11.6 Å². The van der Waals surface area contributed by atoms with Gasteiger partial charge in [-0.3, -0.25) is 0 Å². The van der Waals surface area contributed by atoms with E-state index < -0.39 is 0 Å². The summed E-state index contributed by atoms with van der Waals surface area (Å²) in [5.41, 5.74) is 2.63. The first kappa shape index (κ1) is 14.2. The van der Waals surface area contributed by atoms with Crippen molar-refractivity contribution in [3.8, 4) is 11.5 Å².